The van der Waals surface area contributed by atoms with E-state index in [-0.39, 0.29) is 24.4 Å². The van der Waals surface area contributed by atoms with E-state index in [1.165, 1.54) is 12.1 Å². The number of hydrogen-bond acceptors (Lipinski definition) is 4. The Morgan fingerprint density at radius 1 is 1.24 bits per heavy atom. The topological polar surface area (TPSA) is 74.8 Å². The van der Waals surface area contributed by atoms with Gasteiger partial charge in [0.25, 0.3) is 0 Å². The maximum absolute atomic E-state index is 12.9. The van der Waals surface area contributed by atoms with Crippen LogP contribution in [0.15, 0.2) is 42.6 Å². The minimum atomic E-state index is -4.71. The standard InChI is InChI=1S/C24H25F3N2O4/c1-14-11-21(32-2)19(18-7-9-28-22(14)18)13-29-10-8-17(33-24(25,26)27)12-20(29)15-3-5-16(6-4-15)23(30)31/h3-7,9,11,17,20,28H,8,10,12-13H2,1-2H3,(H,30,31)/t17-,20-/m1/s1. The molecule has 1 aliphatic rings. The summed E-state index contributed by atoms with van der Waals surface area (Å²) in [5, 5.41) is 10.2. The van der Waals surface area contributed by atoms with Crippen LogP contribution in [0.2, 0.25) is 0 Å². The molecule has 0 unspecified atom stereocenters. The second kappa shape index (κ2) is 9.07. The Labute approximate surface area is 188 Å². The number of nitrogens with zero attached hydrogens (tertiary/aromatic N) is 1. The van der Waals surface area contributed by atoms with Crippen molar-refractivity contribution in [2.75, 3.05) is 13.7 Å². The van der Waals surface area contributed by atoms with Gasteiger partial charge >= 0.3 is 12.3 Å². The fourth-order valence-corrected chi connectivity index (χ4v) is 4.65. The molecule has 0 aliphatic carbocycles. The number of fused-ring (bicyclic) bond motifs is 1. The number of halogens is 3. The summed E-state index contributed by atoms with van der Waals surface area (Å²) >= 11 is 0. The number of aromatic amines is 1. The van der Waals surface area contributed by atoms with Gasteiger partial charge in [-0.1, -0.05) is 12.1 Å². The van der Waals surface area contributed by atoms with Crippen molar-refractivity contribution in [3.63, 3.8) is 0 Å². The Hall–Kier alpha value is -3.04. The van der Waals surface area contributed by atoms with Crippen molar-refractivity contribution in [3.8, 4) is 5.75 Å². The van der Waals surface area contributed by atoms with Gasteiger partial charge in [0.05, 0.1) is 18.8 Å². The zero-order valence-electron chi connectivity index (χ0n) is 18.3. The third-order valence-electron chi connectivity index (χ3n) is 6.20. The van der Waals surface area contributed by atoms with Crippen LogP contribution in [-0.2, 0) is 11.3 Å². The summed E-state index contributed by atoms with van der Waals surface area (Å²) in [7, 11) is 1.60. The van der Waals surface area contributed by atoms with Crippen LogP contribution in [0.1, 0.15) is 45.9 Å². The molecule has 0 bridgehead atoms. The average Bonchev–Trinajstić information content (AvgIpc) is 3.26. The number of aryl methyl sites for hydroxylation is 1. The van der Waals surface area contributed by atoms with E-state index in [1.54, 1.807) is 19.2 Å². The predicted octanol–water partition coefficient (Wildman–Crippen LogP) is 5.43. The molecule has 1 aromatic heterocycles. The van der Waals surface area contributed by atoms with E-state index in [2.05, 4.69) is 14.6 Å². The van der Waals surface area contributed by atoms with Crippen LogP contribution < -0.4 is 4.74 Å². The molecule has 4 rings (SSSR count). The number of piperidine rings is 1. The van der Waals surface area contributed by atoms with Gasteiger partial charge in [0.1, 0.15) is 5.75 Å². The number of rotatable bonds is 6. The number of H-pyrrole nitrogens is 1. The normalized spacial score (nSPS) is 19.7. The summed E-state index contributed by atoms with van der Waals surface area (Å²) in [6.45, 7) is 2.83. The highest BCUT2D eigenvalue weighted by Crippen LogP contribution is 2.39. The second-order valence-corrected chi connectivity index (χ2v) is 8.26. The van der Waals surface area contributed by atoms with E-state index in [0.29, 0.717) is 18.8 Å². The van der Waals surface area contributed by atoms with E-state index in [9.17, 15) is 23.1 Å². The first-order valence-corrected chi connectivity index (χ1v) is 10.6. The first kappa shape index (κ1) is 23.1. The lowest BCUT2D eigenvalue weighted by Gasteiger charge is -2.40. The molecular formula is C24H25F3N2O4. The molecule has 0 spiro atoms. The monoisotopic (exact) mass is 462 g/mol. The lowest BCUT2D eigenvalue weighted by molar-refractivity contribution is -0.347. The lowest BCUT2D eigenvalue weighted by atomic mass is 9.91. The number of likely N-dealkylation sites (tertiary alicyclic amines) is 1. The molecule has 6 nitrogen and oxygen atoms in total. The molecule has 2 N–H and O–H groups in total. The van der Waals surface area contributed by atoms with Gasteiger partial charge in [-0.3, -0.25) is 9.64 Å². The Kier molecular flexibility index (Phi) is 6.36. The number of carboxylic acids is 1. The van der Waals surface area contributed by atoms with Gasteiger partial charge in [-0.2, -0.15) is 0 Å². The molecule has 2 heterocycles. The molecule has 3 aromatic rings. The summed E-state index contributed by atoms with van der Waals surface area (Å²) in [4.78, 5) is 16.6. The van der Waals surface area contributed by atoms with Crippen LogP contribution in [0.4, 0.5) is 13.2 Å². The number of aromatic nitrogens is 1. The van der Waals surface area contributed by atoms with Crippen molar-refractivity contribution in [1.82, 2.24) is 9.88 Å². The molecule has 9 heteroatoms. The number of benzene rings is 2. The lowest BCUT2D eigenvalue weighted by Crippen LogP contribution is -2.41. The van der Waals surface area contributed by atoms with Crippen LogP contribution in [0, 0.1) is 6.92 Å². The second-order valence-electron chi connectivity index (χ2n) is 8.26. The van der Waals surface area contributed by atoms with Crippen LogP contribution >= 0.6 is 0 Å². The van der Waals surface area contributed by atoms with Crippen molar-refractivity contribution in [2.24, 2.45) is 0 Å². The quantitative estimate of drug-likeness (QED) is 0.511. The van der Waals surface area contributed by atoms with Crippen LogP contribution in [0.3, 0.4) is 0 Å². The molecule has 0 saturated carbocycles. The summed E-state index contributed by atoms with van der Waals surface area (Å²) in [6.07, 6.45) is -3.46. The van der Waals surface area contributed by atoms with Gasteiger partial charge in [-0.05, 0) is 55.2 Å². The molecule has 2 aromatic carbocycles. The largest absolute Gasteiger partial charge is 0.522 e. The van der Waals surface area contributed by atoms with Gasteiger partial charge in [0, 0.05) is 41.8 Å². The van der Waals surface area contributed by atoms with Gasteiger partial charge in [-0.25, -0.2) is 4.79 Å². The Morgan fingerprint density at radius 2 is 1.97 bits per heavy atom. The third-order valence-corrected chi connectivity index (χ3v) is 6.20. The number of aromatic carboxylic acids is 1. The van der Waals surface area contributed by atoms with E-state index in [1.807, 2.05) is 25.3 Å². The highest BCUT2D eigenvalue weighted by atomic mass is 19.4. The van der Waals surface area contributed by atoms with E-state index < -0.39 is 18.4 Å². The number of carbonyl (C=O) groups is 1. The Balaban J connectivity index is 1.68. The minimum absolute atomic E-state index is 0.124. The van der Waals surface area contributed by atoms with Crippen molar-refractivity contribution < 1.29 is 32.5 Å². The summed E-state index contributed by atoms with van der Waals surface area (Å²) in [6, 6.07) is 9.81. The Bertz CT molecular complexity index is 1140. The van der Waals surface area contributed by atoms with Crippen LogP contribution in [0.25, 0.3) is 10.9 Å². The van der Waals surface area contributed by atoms with Crippen molar-refractivity contribution in [1.29, 1.82) is 0 Å². The van der Waals surface area contributed by atoms with Gasteiger partial charge < -0.3 is 14.8 Å². The predicted molar refractivity (Wildman–Crippen MR) is 116 cm³/mol. The first-order valence-electron chi connectivity index (χ1n) is 10.6. The minimum Gasteiger partial charge on any atom is -0.496 e. The maximum atomic E-state index is 12.9. The van der Waals surface area contributed by atoms with Crippen LogP contribution in [0.5, 0.6) is 5.75 Å². The molecule has 0 amide bonds. The fourth-order valence-electron chi connectivity index (χ4n) is 4.65. The van der Waals surface area contributed by atoms with Gasteiger partial charge in [0.15, 0.2) is 0 Å². The van der Waals surface area contributed by atoms with Gasteiger partial charge in [-0.15, -0.1) is 13.2 Å². The number of ether oxygens (including phenoxy) is 2. The highest BCUT2D eigenvalue weighted by molar-refractivity contribution is 5.88. The number of alkyl halides is 3. The van der Waals surface area contributed by atoms with Crippen molar-refractivity contribution in [3.05, 3.63) is 64.8 Å². The molecule has 176 valence electrons. The summed E-state index contributed by atoms with van der Waals surface area (Å²) in [5.41, 5.74) is 3.84. The number of nitrogens with one attached hydrogen (secondary N) is 1. The molecule has 1 saturated heterocycles. The number of hydrogen-bond donors (Lipinski definition) is 2. The molecule has 1 aliphatic heterocycles. The zero-order valence-corrected chi connectivity index (χ0v) is 18.3. The molecule has 1 fully saturated rings. The number of carboxylic acid groups (broad SMARTS) is 1. The molecular weight excluding hydrogens is 437 g/mol. The zero-order chi connectivity index (χ0) is 23.8. The van der Waals surface area contributed by atoms with Crippen LogP contribution in [-0.4, -0.2) is 47.1 Å². The summed E-state index contributed by atoms with van der Waals surface area (Å²) in [5.74, 6) is -0.340. The molecule has 33 heavy (non-hydrogen) atoms. The van der Waals surface area contributed by atoms with E-state index in [4.69, 9.17) is 4.74 Å². The van der Waals surface area contributed by atoms with Crippen molar-refractivity contribution in [2.45, 2.75) is 44.8 Å². The molecule has 2 atom stereocenters. The maximum Gasteiger partial charge on any atom is 0.522 e. The average molecular weight is 462 g/mol. The van der Waals surface area contributed by atoms with Crippen molar-refractivity contribution >= 4 is 16.9 Å². The smallest absolute Gasteiger partial charge is 0.496 e. The SMILES string of the molecule is COc1cc(C)c2[nH]ccc2c1CN1CC[C@@H](OC(F)(F)F)C[C@@H]1c1ccc(C(=O)O)cc1. The van der Waals surface area contributed by atoms with E-state index >= 15 is 0 Å². The highest BCUT2D eigenvalue weighted by Gasteiger charge is 2.38. The van der Waals surface area contributed by atoms with E-state index in [0.717, 1.165) is 27.6 Å². The third kappa shape index (κ3) is 4.99. The summed E-state index contributed by atoms with van der Waals surface area (Å²) < 4.78 is 48.7. The Morgan fingerprint density at radius 3 is 2.61 bits per heavy atom. The van der Waals surface area contributed by atoms with Gasteiger partial charge in [0.2, 0.25) is 0 Å². The first-order chi connectivity index (χ1) is 15.7. The fraction of sp³-hybridized carbons (Fsp3) is 0.375. The molecule has 0 radical (unpaired) electrons. The number of methoxy groups -OCH3 is 1.